The van der Waals surface area contributed by atoms with E-state index in [1.807, 2.05) is 0 Å². The summed E-state index contributed by atoms with van der Waals surface area (Å²) in [7, 11) is 3.02. The number of ether oxygens (including phenoxy) is 2. The molecular formula is C24H34N4O6+2. The lowest BCUT2D eigenvalue weighted by molar-refractivity contribution is -0.831. The van der Waals surface area contributed by atoms with Crippen molar-refractivity contribution < 1.29 is 38.4 Å². The third-order valence-electron chi connectivity index (χ3n) is 7.20. The first-order chi connectivity index (χ1) is 16.3. The molecule has 1 aromatic carbocycles. The zero-order chi connectivity index (χ0) is 24.4. The molecule has 1 aromatic heterocycles. The highest BCUT2D eigenvalue weighted by atomic mass is 16.5. The summed E-state index contributed by atoms with van der Waals surface area (Å²) in [5, 5.41) is 23.0. The van der Waals surface area contributed by atoms with Crippen molar-refractivity contribution in [1.29, 1.82) is 0 Å². The lowest BCUT2D eigenvalue weighted by atomic mass is 9.95. The Hall–Kier alpha value is -3.30. The topological polar surface area (TPSA) is 130 Å². The van der Waals surface area contributed by atoms with Gasteiger partial charge in [0.1, 0.15) is 0 Å². The molecule has 1 aliphatic carbocycles. The molecule has 184 valence electrons. The molecule has 4 rings (SSSR count). The minimum atomic E-state index is -0.335. The van der Waals surface area contributed by atoms with Crippen LogP contribution < -0.4 is 24.3 Å². The van der Waals surface area contributed by atoms with Crippen LogP contribution in [-0.4, -0.2) is 54.2 Å². The molecule has 4 N–H and O–H groups in total. The van der Waals surface area contributed by atoms with Crippen molar-refractivity contribution in [2.75, 3.05) is 27.3 Å². The fraction of sp³-hybridized carbons (Fsp3) is 0.583. The van der Waals surface area contributed by atoms with Crippen LogP contribution in [0.2, 0.25) is 0 Å². The summed E-state index contributed by atoms with van der Waals surface area (Å²) in [4.78, 5) is 26.4. The first kappa shape index (κ1) is 23.8. The van der Waals surface area contributed by atoms with E-state index < -0.39 is 0 Å². The monoisotopic (exact) mass is 474 g/mol. The number of hydrogen-bond acceptors (Lipinski definition) is 6. The van der Waals surface area contributed by atoms with E-state index in [1.54, 1.807) is 21.6 Å². The minimum absolute atomic E-state index is 0.0636. The number of nitrogens with two attached hydrogens (primary N) is 1. The van der Waals surface area contributed by atoms with E-state index in [-0.39, 0.29) is 42.2 Å². The molecule has 2 fully saturated rings. The average molecular weight is 475 g/mol. The Morgan fingerprint density at radius 2 is 1.65 bits per heavy atom. The van der Waals surface area contributed by atoms with Crippen LogP contribution in [0, 0.1) is 5.92 Å². The van der Waals surface area contributed by atoms with Crippen molar-refractivity contribution in [3.05, 3.63) is 12.1 Å². The van der Waals surface area contributed by atoms with E-state index in [9.17, 15) is 19.8 Å². The van der Waals surface area contributed by atoms with Crippen LogP contribution in [0.4, 0.5) is 0 Å². The molecule has 34 heavy (non-hydrogen) atoms. The molecule has 10 heteroatoms. The summed E-state index contributed by atoms with van der Waals surface area (Å²) in [6.07, 6.45) is 5.86. The highest BCUT2D eigenvalue weighted by molar-refractivity contribution is 5.84. The number of aromatic hydroxyl groups is 2. The number of likely N-dealkylation sites (tertiary alicyclic amines) is 1. The summed E-state index contributed by atoms with van der Waals surface area (Å²) in [6.45, 7) is 0.749. The predicted octanol–water partition coefficient (Wildman–Crippen LogP) is 1.07. The normalized spacial score (nSPS) is 17.6. The van der Waals surface area contributed by atoms with Gasteiger partial charge in [-0.3, -0.25) is 9.59 Å². The molecular weight excluding hydrogens is 440 g/mol. The lowest BCUT2D eigenvalue weighted by Crippen LogP contribution is -2.54. The predicted molar refractivity (Wildman–Crippen MR) is 121 cm³/mol. The zero-order valence-corrected chi connectivity index (χ0v) is 19.8. The second-order valence-electron chi connectivity index (χ2n) is 9.15. The van der Waals surface area contributed by atoms with Gasteiger partial charge in [0.25, 0.3) is 5.91 Å². The fourth-order valence-corrected chi connectivity index (χ4v) is 5.21. The van der Waals surface area contributed by atoms with Crippen LogP contribution in [0.25, 0.3) is 10.9 Å². The molecule has 2 aromatic rings. The summed E-state index contributed by atoms with van der Waals surface area (Å²) < 4.78 is 13.9. The van der Waals surface area contributed by atoms with E-state index >= 15 is 0 Å². The summed E-state index contributed by atoms with van der Waals surface area (Å²) in [5.74, 6) is 0.0693. The van der Waals surface area contributed by atoms with E-state index in [2.05, 4.69) is 0 Å². The molecule has 0 atom stereocenters. The van der Waals surface area contributed by atoms with Gasteiger partial charge in [0.2, 0.25) is 18.0 Å². The number of rotatable bonds is 6. The summed E-state index contributed by atoms with van der Waals surface area (Å²) in [6, 6.07) is 3.08. The Morgan fingerprint density at radius 3 is 2.24 bits per heavy atom. The second-order valence-corrected chi connectivity index (χ2v) is 9.15. The molecule has 2 aliphatic rings. The number of benzene rings is 1. The molecule has 2 amide bonds. The van der Waals surface area contributed by atoms with E-state index in [1.165, 1.54) is 18.8 Å². The maximum absolute atomic E-state index is 13.2. The quantitative estimate of drug-likeness (QED) is 0.537. The number of amides is 2. The van der Waals surface area contributed by atoms with Gasteiger partial charge < -0.3 is 30.3 Å². The van der Waals surface area contributed by atoms with Gasteiger partial charge in [-0.2, -0.15) is 0 Å². The molecule has 2 heterocycles. The number of primary amides is 1. The zero-order valence-electron chi connectivity index (χ0n) is 19.8. The van der Waals surface area contributed by atoms with Crippen molar-refractivity contribution in [1.82, 2.24) is 4.90 Å². The first-order valence-electron chi connectivity index (χ1n) is 11.9. The molecule has 0 radical (unpaired) electrons. The standard InChI is InChI=1S/C24H32N4O6/c1-33-19-12-17-18(13-20(19)34-2)27(14-21(29)26-10-8-15(9-11-26)22(25)30)24(32)28(23(17)31)16-6-4-3-5-7-16/h12-13,15-16H,3-11,14H2,1-2H3,(H2,25,30)/p+2. The molecule has 1 saturated carbocycles. The molecule has 10 nitrogen and oxygen atoms in total. The number of fused-ring (bicyclic) bond motifs is 1. The van der Waals surface area contributed by atoms with Gasteiger partial charge in [0.15, 0.2) is 22.9 Å². The number of aromatic nitrogens is 2. The Bertz CT molecular complexity index is 1090. The first-order valence-corrected chi connectivity index (χ1v) is 11.9. The highest BCUT2D eigenvalue weighted by Gasteiger charge is 2.41. The number of carbonyl (C=O) groups is 2. The van der Waals surface area contributed by atoms with Gasteiger partial charge in [0.05, 0.1) is 20.3 Å². The third-order valence-corrected chi connectivity index (χ3v) is 7.20. The van der Waals surface area contributed by atoms with Crippen LogP contribution in [0.1, 0.15) is 51.0 Å². The van der Waals surface area contributed by atoms with Crippen molar-refractivity contribution >= 4 is 22.7 Å². The average Bonchev–Trinajstić information content (AvgIpc) is 2.86. The van der Waals surface area contributed by atoms with Crippen LogP contribution >= 0.6 is 0 Å². The highest BCUT2D eigenvalue weighted by Crippen LogP contribution is 2.36. The van der Waals surface area contributed by atoms with Gasteiger partial charge >= 0.3 is 11.9 Å². The van der Waals surface area contributed by atoms with E-state index in [0.29, 0.717) is 48.3 Å². The van der Waals surface area contributed by atoms with Crippen LogP contribution in [-0.2, 0) is 16.1 Å². The summed E-state index contributed by atoms with van der Waals surface area (Å²) in [5.41, 5.74) is 5.88. The lowest BCUT2D eigenvalue weighted by Gasteiger charge is -2.29. The van der Waals surface area contributed by atoms with Gasteiger partial charge in [0, 0.05) is 37.9 Å². The van der Waals surface area contributed by atoms with Crippen LogP contribution in [0.15, 0.2) is 12.1 Å². The number of carbonyl (C=O) groups excluding carboxylic acids is 2. The van der Waals surface area contributed by atoms with Crippen molar-refractivity contribution in [2.24, 2.45) is 11.7 Å². The molecule has 0 spiro atoms. The Morgan fingerprint density at radius 1 is 1.03 bits per heavy atom. The van der Waals surface area contributed by atoms with Crippen molar-refractivity contribution in [2.45, 2.75) is 57.5 Å². The largest absolute Gasteiger partial charge is 0.632 e. The maximum atomic E-state index is 13.2. The fourth-order valence-electron chi connectivity index (χ4n) is 5.21. The van der Waals surface area contributed by atoms with Gasteiger partial charge in [-0.25, -0.2) is 0 Å². The number of piperidine rings is 1. The van der Waals surface area contributed by atoms with Gasteiger partial charge in [-0.15, -0.1) is 0 Å². The Balaban J connectivity index is 1.77. The Labute approximate surface area is 198 Å². The van der Waals surface area contributed by atoms with E-state index in [4.69, 9.17) is 15.2 Å². The van der Waals surface area contributed by atoms with Gasteiger partial charge in [-0.05, 0) is 25.7 Å². The van der Waals surface area contributed by atoms with Gasteiger partial charge in [-0.1, -0.05) is 15.6 Å². The molecule has 0 unspecified atom stereocenters. The van der Waals surface area contributed by atoms with Crippen molar-refractivity contribution in [3.8, 4) is 23.4 Å². The maximum Gasteiger partial charge on any atom is 0.632 e. The van der Waals surface area contributed by atoms with Crippen LogP contribution in [0.5, 0.6) is 23.4 Å². The second kappa shape index (κ2) is 9.90. The van der Waals surface area contributed by atoms with Crippen molar-refractivity contribution in [3.63, 3.8) is 0 Å². The SMILES string of the molecule is COc1cc2c(O)[n+](C3CCCCC3)c(O)[n+](CC(=O)N3CCC(C(N)=O)CC3)c2cc1OC. The third kappa shape index (κ3) is 4.41. The summed E-state index contributed by atoms with van der Waals surface area (Å²) >= 11 is 0. The van der Waals surface area contributed by atoms with Crippen LogP contribution in [0.3, 0.4) is 0 Å². The molecule has 1 saturated heterocycles. The minimum Gasteiger partial charge on any atom is -0.493 e. The Kier molecular flexibility index (Phi) is 6.95. The number of methoxy groups -OCH3 is 2. The molecule has 0 bridgehead atoms. The molecule has 1 aliphatic heterocycles. The number of nitrogens with zero attached hydrogens (tertiary/aromatic N) is 3. The smallest absolute Gasteiger partial charge is 0.493 e. The number of hydrogen-bond donors (Lipinski definition) is 3. The van der Waals surface area contributed by atoms with E-state index in [0.717, 1.165) is 32.1 Å².